The molecule has 0 saturated heterocycles. The Labute approximate surface area is 131 Å². The molecule has 0 spiro atoms. The van der Waals surface area contributed by atoms with E-state index in [9.17, 15) is 4.79 Å². The largest absolute Gasteiger partial charge is 0.296 e. The van der Waals surface area contributed by atoms with Crippen molar-refractivity contribution in [2.75, 3.05) is 13.6 Å². The summed E-state index contributed by atoms with van der Waals surface area (Å²) in [4.78, 5) is 14.5. The maximum Gasteiger partial charge on any atom is 0.176 e. The number of carbonyl (C=O) groups is 1. The van der Waals surface area contributed by atoms with Gasteiger partial charge in [-0.05, 0) is 56.8 Å². The number of carbonyl (C=O) groups excluding carboxylic acids is 1. The van der Waals surface area contributed by atoms with Gasteiger partial charge in [-0.15, -0.1) is 0 Å². The highest BCUT2D eigenvalue weighted by molar-refractivity contribution is 6.42. The topological polar surface area (TPSA) is 20.3 Å². The number of benzene rings is 1. The highest BCUT2D eigenvalue weighted by Crippen LogP contribution is 2.27. The zero-order valence-corrected chi connectivity index (χ0v) is 13.5. The molecule has 1 saturated carbocycles. The molecule has 1 aliphatic carbocycles. The third-order valence-corrected chi connectivity index (χ3v) is 4.98. The van der Waals surface area contributed by atoms with E-state index in [2.05, 4.69) is 11.8 Å². The molecule has 1 aromatic carbocycles. The van der Waals surface area contributed by atoms with Crippen molar-refractivity contribution in [1.29, 1.82) is 0 Å². The van der Waals surface area contributed by atoms with Gasteiger partial charge in [0.1, 0.15) is 0 Å². The molecule has 110 valence electrons. The fourth-order valence-electron chi connectivity index (χ4n) is 2.80. The molecule has 1 fully saturated rings. The lowest BCUT2D eigenvalue weighted by molar-refractivity contribution is 0.0889. The predicted molar refractivity (Wildman–Crippen MR) is 84.8 cm³/mol. The molecule has 0 atom stereocenters. The summed E-state index contributed by atoms with van der Waals surface area (Å²) in [5.74, 6) is 0.926. The van der Waals surface area contributed by atoms with Gasteiger partial charge in [0.25, 0.3) is 0 Å². The van der Waals surface area contributed by atoms with Crippen LogP contribution in [0, 0.1) is 5.92 Å². The Morgan fingerprint density at radius 1 is 1.20 bits per heavy atom. The van der Waals surface area contributed by atoms with Crippen LogP contribution in [-0.4, -0.2) is 30.3 Å². The molecular weight excluding hydrogens is 293 g/mol. The van der Waals surface area contributed by atoms with Gasteiger partial charge in [-0.25, -0.2) is 0 Å². The molecular formula is C16H21Cl2NO. The Morgan fingerprint density at radius 2 is 1.85 bits per heavy atom. The SMILES string of the molecule is CC1CCC(N(C)CC(=O)c2ccc(Cl)c(Cl)c2)CC1. The minimum Gasteiger partial charge on any atom is -0.296 e. The van der Waals surface area contributed by atoms with Gasteiger partial charge in [0, 0.05) is 11.6 Å². The molecule has 0 amide bonds. The van der Waals surface area contributed by atoms with E-state index in [-0.39, 0.29) is 5.78 Å². The number of likely N-dealkylation sites (N-methyl/N-ethyl adjacent to an activating group) is 1. The van der Waals surface area contributed by atoms with E-state index in [4.69, 9.17) is 23.2 Å². The minimum absolute atomic E-state index is 0.102. The minimum atomic E-state index is 0.102. The second-order valence-corrected chi connectivity index (χ2v) is 6.70. The summed E-state index contributed by atoms with van der Waals surface area (Å²) in [5.41, 5.74) is 0.635. The van der Waals surface area contributed by atoms with E-state index in [1.165, 1.54) is 25.7 Å². The number of hydrogen-bond donors (Lipinski definition) is 0. The van der Waals surface area contributed by atoms with Crippen LogP contribution < -0.4 is 0 Å². The zero-order valence-electron chi connectivity index (χ0n) is 12.0. The Bertz CT molecular complexity index is 481. The van der Waals surface area contributed by atoms with Crippen LogP contribution in [0.25, 0.3) is 0 Å². The molecule has 20 heavy (non-hydrogen) atoms. The molecule has 0 N–H and O–H groups in total. The Balaban J connectivity index is 1.95. The summed E-state index contributed by atoms with van der Waals surface area (Å²) in [6.45, 7) is 2.74. The van der Waals surface area contributed by atoms with Crippen molar-refractivity contribution in [3.05, 3.63) is 33.8 Å². The van der Waals surface area contributed by atoms with Gasteiger partial charge in [-0.1, -0.05) is 30.1 Å². The predicted octanol–water partition coefficient (Wildman–Crippen LogP) is 4.69. The van der Waals surface area contributed by atoms with Crippen LogP contribution in [0.1, 0.15) is 43.0 Å². The lowest BCUT2D eigenvalue weighted by Gasteiger charge is -2.33. The first-order valence-corrected chi connectivity index (χ1v) is 7.91. The molecule has 4 heteroatoms. The van der Waals surface area contributed by atoms with Crippen molar-refractivity contribution < 1.29 is 4.79 Å². The van der Waals surface area contributed by atoms with Crippen molar-refractivity contribution in [2.24, 2.45) is 5.92 Å². The van der Waals surface area contributed by atoms with Gasteiger partial charge in [0.2, 0.25) is 0 Å². The number of nitrogens with zero attached hydrogens (tertiary/aromatic N) is 1. The normalized spacial score (nSPS) is 23.1. The molecule has 0 radical (unpaired) electrons. The standard InChI is InChI=1S/C16H21Cl2NO/c1-11-3-6-13(7-4-11)19(2)10-16(20)12-5-8-14(17)15(18)9-12/h5,8-9,11,13H,3-4,6-7,10H2,1-2H3. The summed E-state index contributed by atoms with van der Waals surface area (Å²) in [6.07, 6.45) is 4.89. The van der Waals surface area contributed by atoms with Crippen molar-refractivity contribution >= 4 is 29.0 Å². The second-order valence-electron chi connectivity index (χ2n) is 5.88. The fraction of sp³-hybridized carbons (Fsp3) is 0.562. The summed E-state index contributed by atoms with van der Waals surface area (Å²) >= 11 is 11.8. The van der Waals surface area contributed by atoms with Gasteiger partial charge in [-0.2, -0.15) is 0 Å². The highest BCUT2D eigenvalue weighted by atomic mass is 35.5. The average molecular weight is 314 g/mol. The average Bonchev–Trinajstić information content (AvgIpc) is 2.42. The summed E-state index contributed by atoms with van der Waals surface area (Å²) in [7, 11) is 2.04. The first kappa shape index (κ1) is 15.8. The second kappa shape index (κ2) is 6.93. The molecule has 1 aromatic rings. The van der Waals surface area contributed by atoms with Gasteiger partial charge in [-0.3, -0.25) is 9.69 Å². The molecule has 0 aliphatic heterocycles. The van der Waals surface area contributed by atoms with Crippen LogP contribution in [0.15, 0.2) is 18.2 Å². The Hall–Kier alpha value is -0.570. The van der Waals surface area contributed by atoms with Crippen molar-refractivity contribution in [3.63, 3.8) is 0 Å². The monoisotopic (exact) mass is 313 g/mol. The van der Waals surface area contributed by atoms with Crippen molar-refractivity contribution in [2.45, 2.75) is 38.6 Å². The summed E-state index contributed by atoms with van der Waals surface area (Å²) in [6, 6.07) is 5.60. The Morgan fingerprint density at radius 3 is 2.45 bits per heavy atom. The first-order chi connectivity index (χ1) is 9.47. The fourth-order valence-corrected chi connectivity index (χ4v) is 3.10. The van der Waals surface area contributed by atoms with Crippen LogP contribution in [0.4, 0.5) is 0 Å². The van der Waals surface area contributed by atoms with E-state index in [0.29, 0.717) is 28.2 Å². The number of hydrogen-bond acceptors (Lipinski definition) is 2. The third-order valence-electron chi connectivity index (χ3n) is 4.24. The first-order valence-electron chi connectivity index (χ1n) is 7.16. The van der Waals surface area contributed by atoms with Crippen LogP contribution in [0.3, 0.4) is 0 Å². The van der Waals surface area contributed by atoms with Crippen LogP contribution in [-0.2, 0) is 0 Å². The molecule has 2 rings (SSSR count). The number of Topliss-reactive ketones (excluding diaryl/α,β-unsaturated/α-hetero) is 1. The molecule has 2 nitrogen and oxygen atoms in total. The molecule has 0 aromatic heterocycles. The van der Waals surface area contributed by atoms with Gasteiger partial charge in [0.15, 0.2) is 5.78 Å². The third kappa shape index (κ3) is 3.97. The zero-order chi connectivity index (χ0) is 14.7. The number of halogens is 2. The van der Waals surface area contributed by atoms with Crippen molar-refractivity contribution in [1.82, 2.24) is 4.90 Å². The number of ketones is 1. The highest BCUT2D eigenvalue weighted by Gasteiger charge is 2.23. The lowest BCUT2D eigenvalue weighted by atomic mass is 9.86. The van der Waals surface area contributed by atoms with Crippen LogP contribution in [0.5, 0.6) is 0 Å². The maximum atomic E-state index is 12.3. The van der Waals surface area contributed by atoms with E-state index >= 15 is 0 Å². The van der Waals surface area contributed by atoms with E-state index in [0.717, 1.165) is 5.92 Å². The van der Waals surface area contributed by atoms with Gasteiger partial charge < -0.3 is 0 Å². The van der Waals surface area contributed by atoms with E-state index in [1.807, 2.05) is 7.05 Å². The van der Waals surface area contributed by atoms with Crippen molar-refractivity contribution in [3.8, 4) is 0 Å². The number of rotatable bonds is 4. The maximum absolute atomic E-state index is 12.3. The summed E-state index contributed by atoms with van der Waals surface area (Å²) in [5, 5.41) is 0.921. The van der Waals surface area contributed by atoms with Crippen LogP contribution in [0.2, 0.25) is 10.0 Å². The van der Waals surface area contributed by atoms with Gasteiger partial charge >= 0.3 is 0 Å². The molecule has 0 bridgehead atoms. The van der Waals surface area contributed by atoms with E-state index < -0.39 is 0 Å². The molecule has 0 unspecified atom stereocenters. The van der Waals surface area contributed by atoms with Gasteiger partial charge in [0.05, 0.1) is 16.6 Å². The summed E-state index contributed by atoms with van der Waals surface area (Å²) < 4.78 is 0. The quantitative estimate of drug-likeness (QED) is 0.752. The van der Waals surface area contributed by atoms with Crippen LogP contribution >= 0.6 is 23.2 Å². The lowest BCUT2D eigenvalue weighted by Crippen LogP contribution is -2.38. The Kier molecular flexibility index (Phi) is 5.48. The smallest absolute Gasteiger partial charge is 0.176 e. The van der Waals surface area contributed by atoms with E-state index in [1.54, 1.807) is 18.2 Å². The molecule has 1 aliphatic rings. The molecule has 0 heterocycles.